The van der Waals surface area contributed by atoms with Crippen LogP contribution in [0.1, 0.15) is 24.7 Å². The van der Waals surface area contributed by atoms with Crippen LogP contribution in [0.2, 0.25) is 0 Å². The molecule has 0 amide bonds. The Morgan fingerprint density at radius 1 is 1.20 bits per heavy atom. The van der Waals surface area contributed by atoms with E-state index in [9.17, 15) is 0 Å². The Labute approximate surface area is 120 Å². The molecule has 0 saturated carbocycles. The van der Waals surface area contributed by atoms with E-state index in [0.717, 1.165) is 48.4 Å². The molecule has 0 radical (unpaired) electrons. The van der Waals surface area contributed by atoms with E-state index in [2.05, 4.69) is 18.3 Å². The molecule has 110 valence electrons. The average Bonchev–Trinajstić information content (AvgIpc) is 2.83. The summed E-state index contributed by atoms with van der Waals surface area (Å²) in [4.78, 5) is 0. The van der Waals surface area contributed by atoms with Crippen molar-refractivity contribution in [3.8, 4) is 0 Å². The Kier molecular flexibility index (Phi) is 6.05. The lowest BCUT2D eigenvalue weighted by Crippen LogP contribution is -2.12. The average molecular weight is 277 g/mol. The van der Waals surface area contributed by atoms with Gasteiger partial charge in [-0.1, -0.05) is 25.1 Å². The number of benzene rings is 1. The Morgan fingerprint density at radius 2 is 2.05 bits per heavy atom. The van der Waals surface area contributed by atoms with Crippen molar-refractivity contribution in [2.75, 3.05) is 26.9 Å². The van der Waals surface area contributed by atoms with Crippen LogP contribution in [0, 0.1) is 0 Å². The minimum absolute atomic E-state index is 0.585. The zero-order valence-electron chi connectivity index (χ0n) is 12.3. The predicted molar refractivity (Wildman–Crippen MR) is 79.7 cm³/mol. The third-order valence-corrected chi connectivity index (χ3v) is 3.20. The first-order chi connectivity index (χ1) is 9.86. The van der Waals surface area contributed by atoms with Crippen LogP contribution in [-0.2, 0) is 22.6 Å². The molecular formula is C16H23NO3. The molecule has 0 spiro atoms. The summed E-state index contributed by atoms with van der Waals surface area (Å²) in [5.74, 6) is 0.972. The minimum Gasteiger partial charge on any atom is -0.459 e. The van der Waals surface area contributed by atoms with Crippen molar-refractivity contribution in [3.05, 3.63) is 35.6 Å². The summed E-state index contributed by atoms with van der Waals surface area (Å²) in [6, 6.07) is 8.11. The largest absolute Gasteiger partial charge is 0.459 e. The van der Waals surface area contributed by atoms with Crippen molar-refractivity contribution in [1.82, 2.24) is 5.32 Å². The lowest BCUT2D eigenvalue weighted by molar-refractivity contribution is 0.0925. The van der Waals surface area contributed by atoms with Crippen LogP contribution < -0.4 is 5.32 Å². The normalized spacial score (nSPS) is 11.3. The lowest BCUT2D eigenvalue weighted by Gasteiger charge is -2.05. The number of rotatable bonds is 9. The standard InChI is InChI=1S/C16H23NO3/c1-3-17-11-16-14(12-19-10-6-9-18-2)13-7-4-5-8-15(13)20-16/h4-5,7-8,17H,3,6,9-12H2,1-2H3. The number of methoxy groups -OCH3 is 1. The summed E-state index contributed by atoms with van der Waals surface area (Å²) in [6.45, 7) is 5.77. The van der Waals surface area contributed by atoms with Gasteiger partial charge in [0.25, 0.3) is 0 Å². The van der Waals surface area contributed by atoms with Crippen molar-refractivity contribution in [2.24, 2.45) is 0 Å². The van der Waals surface area contributed by atoms with Crippen LogP contribution in [-0.4, -0.2) is 26.9 Å². The topological polar surface area (TPSA) is 43.6 Å². The highest BCUT2D eigenvalue weighted by atomic mass is 16.5. The summed E-state index contributed by atoms with van der Waals surface area (Å²) in [5, 5.41) is 4.45. The molecule has 2 aromatic rings. The SMILES string of the molecule is CCNCc1oc2ccccc2c1COCCCOC. The van der Waals surface area contributed by atoms with Gasteiger partial charge in [-0.2, -0.15) is 0 Å². The Balaban J connectivity index is 2.07. The molecule has 0 unspecified atom stereocenters. The molecule has 20 heavy (non-hydrogen) atoms. The van der Waals surface area contributed by atoms with E-state index in [0.29, 0.717) is 13.2 Å². The van der Waals surface area contributed by atoms with Crippen molar-refractivity contribution in [1.29, 1.82) is 0 Å². The minimum atomic E-state index is 0.585. The van der Waals surface area contributed by atoms with Crippen LogP contribution in [0.5, 0.6) is 0 Å². The quantitative estimate of drug-likeness (QED) is 0.715. The van der Waals surface area contributed by atoms with Gasteiger partial charge in [-0.25, -0.2) is 0 Å². The van der Waals surface area contributed by atoms with E-state index in [1.807, 2.05) is 18.2 Å². The van der Waals surface area contributed by atoms with Crippen molar-refractivity contribution < 1.29 is 13.9 Å². The number of hydrogen-bond acceptors (Lipinski definition) is 4. The molecule has 2 rings (SSSR count). The van der Waals surface area contributed by atoms with Crippen LogP contribution in [0.4, 0.5) is 0 Å². The monoisotopic (exact) mass is 277 g/mol. The van der Waals surface area contributed by atoms with Crippen molar-refractivity contribution >= 4 is 11.0 Å². The fourth-order valence-electron chi connectivity index (χ4n) is 2.17. The van der Waals surface area contributed by atoms with Crippen molar-refractivity contribution in [2.45, 2.75) is 26.5 Å². The third-order valence-electron chi connectivity index (χ3n) is 3.20. The highest BCUT2D eigenvalue weighted by molar-refractivity contribution is 5.82. The van der Waals surface area contributed by atoms with Crippen molar-refractivity contribution in [3.63, 3.8) is 0 Å². The Morgan fingerprint density at radius 3 is 2.85 bits per heavy atom. The second-order valence-corrected chi connectivity index (χ2v) is 4.68. The van der Waals surface area contributed by atoms with E-state index in [4.69, 9.17) is 13.9 Å². The summed E-state index contributed by atoms with van der Waals surface area (Å²) < 4.78 is 16.7. The summed E-state index contributed by atoms with van der Waals surface area (Å²) in [6.07, 6.45) is 0.912. The Hall–Kier alpha value is -1.36. The molecule has 1 aromatic carbocycles. The first-order valence-corrected chi connectivity index (χ1v) is 7.13. The molecule has 1 aromatic heterocycles. The van der Waals surface area contributed by atoms with Gasteiger partial charge in [-0.05, 0) is 19.0 Å². The second-order valence-electron chi connectivity index (χ2n) is 4.68. The maximum Gasteiger partial charge on any atom is 0.134 e. The predicted octanol–water partition coefficient (Wildman–Crippen LogP) is 3.10. The van der Waals surface area contributed by atoms with E-state index in [1.165, 1.54) is 0 Å². The molecule has 0 aliphatic carbocycles. The highest BCUT2D eigenvalue weighted by Gasteiger charge is 2.13. The van der Waals surface area contributed by atoms with Gasteiger partial charge in [0.2, 0.25) is 0 Å². The molecule has 0 saturated heterocycles. The summed E-state index contributed by atoms with van der Waals surface area (Å²) in [5.41, 5.74) is 2.08. The Bertz CT molecular complexity index is 521. The number of fused-ring (bicyclic) bond motifs is 1. The molecule has 4 heteroatoms. The zero-order valence-corrected chi connectivity index (χ0v) is 12.3. The molecule has 0 atom stereocenters. The smallest absolute Gasteiger partial charge is 0.134 e. The molecule has 1 N–H and O–H groups in total. The number of para-hydroxylation sites is 1. The van der Waals surface area contributed by atoms with E-state index in [-0.39, 0.29) is 0 Å². The summed E-state index contributed by atoms with van der Waals surface area (Å²) in [7, 11) is 1.71. The maximum atomic E-state index is 5.91. The highest BCUT2D eigenvalue weighted by Crippen LogP contribution is 2.26. The number of hydrogen-bond donors (Lipinski definition) is 1. The van der Waals surface area contributed by atoms with E-state index in [1.54, 1.807) is 7.11 Å². The molecule has 1 heterocycles. The van der Waals surface area contributed by atoms with Gasteiger partial charge >= 0.3 is 0 Å². The van der Waals surface area contributed by atoms with Gasteiger partial charge in [0.1, 0.15) is 11.3 Å². The third kappa shape index (κ3) is 3.82. The lowest BCUT2D eigenvalue weighted by atomic mass is 10.1. The first-order valence-electron chi connectivity index (χ1n) is 7.13. The molecule has 0 aliphatic heterocycles. The van der Waals surface area contributed by atoms with E-state index < -0.39 is 0 Å². The van der Waals surface area contributed by atoms with Gasteiger partial charge in [0.15, 0.2) is 0 Å². The van der Waals surface area contributed by atoms with Crippen LogP contribution in [0.25, 0.3) is 11.0 Å². The van der Waals surface area contributed by atoms with Gasteiger partial charge in [0, 0.05) is 31.3 Å². The second kappa shape index (κ2) is 8.04. The number of furan rings is 1. The van der Waals surface area contributed by atoms with Crippen LogP contribution >= 0.6 is 0 Å². The maximum absolute atomic E-state index is 5.91. The van der Waals surface area contributed by atoms with E-state index >= 15 is 0 Å². The van der Waals surface area contributed by atoms with Crippen LogP contribution in [0.3, 0.4) is 0 Å². The van der Waals surface area contributed by atoms with Gasteiger partial charge < -0.3 is 19.2 Å². The van der Waals surface area contributed by atoms with Gasteiger partial charge in [0.05, 0.1) is 13.2 Å². The molecule has 0 bridgehead atoms. The van der Waals surface area contributed by atoms with Gasteiger partial charge in [-0.15, -0.1) is 0 Å². The fourth-order valence-corrected chi connectivity index (χ4v) is 2.17. The van der Waals surface area contributed by atoms with Gasteiger partial charge in [-0.3, -0.25) is 0 Å². The number of ether oxygens (including phenoxy) is 2. The molecule has 0 aliphatic rings. The number of nitrogens with one attached hydrogen (secondary N) is 1. The summed E-state index contributed by atoms with van der Waals surface area (Å²) >= 11 is 0. The molecule has 4 nitrogen and oxygen atoms in total. The molecule has 0 fully saturated rings. The fraction of sp³-hybridized carbons (Fsp3) is 0.500. The zero-order chi connectivity index (χ0) is 14.2. The molecular weight excluding hydrogens is 254 g/mol. The van der Waals surface area contributed by atoms with Crippen LogP contribution in [0.15, 0.2) is 28.7 Å². The first kappa shape index (κ1) is 15.0.